The van der Waals surface area contributed by atoms with E-state index < -0.39 is 0 Å². The van der Waals surface area contributed by atoms with Crippen LogP contribution >= 0.6 is 0 Å². The van der Waals surface area contributed by atoms with Crippen molar-refractivity contribution < 1.29 is 4.79 Å². The number of aromatic nitrogens is 2. The van der Waals surface area contributed by atoms with Crippen molar-refractivity contribution in [2.45, 2.75) is 12.5 Å². The molecule has 4 rings (SSSR count). The maximum atomic E-state index is 11.7. The Bertz CT molecular complexity index is 891. The molecule has 148 valence electrons. The van der Waals surface area contributed by atoms with Crippen LogP contribution in [-0.4, -0.2) is 73.1 Å². The van der Waals surface area contributed by atoms with E-state index in [9.17, 15) is 4.79 Å². The van der Waals surface area contributed by atoms with Crippen LogP contribution in [0.1, 0.15) is 6.42 Å². The molecule has 2 saturated heterocycles. The predicted octanol–water partition coefficient (Wildman–Crippen LogP) is 1.04. The lowest BCUT2D eigenvalue weighted by Gasteiger charge is -2.33. The number of nitrogens with two attached hydrogens (primary N) is 1. The highest BCUT2D eigenvalue weighted by atomic mass is 16.1. The average molecular weight is 381 g/mol. The number of piperazine rings is 1. The van der Waals surface area contributed by atoms with Crippen LogP contribution < -0.4 is 20.9 Å². The summed E-state index contributed by atoms with van der Waals surface area (Å²) >= 11 is 0. The molecule has 3 heterocycles. The lowest BCUT2D eigenvalue weighted by atomic mass is 10.2. The third kappa shape index (κ3) is 3.79. The standard InChI is InChI=1S/C20H27N7O/c1-3-18(28)22-15-4-5-16-17(12-15)23-20(26-10-8-25(2)9-11-26)24-19(16)27-7-6-14(21)13-27/h3-5,12,14H,1,6-11,13,21H2,2H3,(H,22,28)/t14-/m1/s1. The van der Waals surface area contributed by atoms with Crippen LogP contribution in [0.3, 0.4) is 0 Å². The van der Waals surface area contributed by atoms with Crippen molar-refractivity contribution in [3.63, 3.8) is 0 Å². The van der Waals surface area contributed by atoms with E-state index in [-0.39, 0.29) is 11.9 Å². The number of nitrogens with zero attached hydrogens (tertiary/aromatic N) is 5. The molecule has 2 aliphatic heterocycles. The highest BCUT2D eigenvalue weighted by Gasteiger charge is 2.25. The van der Waals surface area contributed by atoms with Crippen LogP contribution in [-0.2, 0) is 4.79 Å². The Kier molecular flexibility index (Phi) is 5.15. The van der Waals surface area contributed by atoms with Crippen molar-refractivity contribution in [2.24, 2.45) is 5.73 Å². The molecule has 1 amide bonds. The molecule has 2 aromatic rings. The van der Waals surface area contributed by atoms with Crippen molar-refractivity contribution in [2.75, 3.05) is 61.4 Å². The molecule has 2 fully saturated rings. The predicted molar refractivity (Wildman–Crippen MR) is 113 cm³/mol. The molecule has 0 radical (unpaired) electrons. The molecule has 1 aromatic heterocycles. The summed E-state index contributed by atoms with van der Waals surface area (Å²) in [7, 11) is 2.13. The topological polar surface area (TPSA) is 90.6 Å². The third-order valence-electron chi connectivity index (χ3n) is 5.43. The molecule has 8 nitrogen and oxygen atoms in total. The Labute approximate surface area is 165 Å². The van der Waals surface area contributed by atoms with E-state index in [1.165, 1.54) is 6.08 Å². The maximum Gasteiger partial charge on any atom is 0.247 e. The van der Waals surface area contributed by atoms with Crippen LogP contribution in [0.4, 0.5) is 17.5 Å². The van der Waals surface area contributed by atoms with Crippen LogP contribution in [0.15, 0.2) is 30.9 Å². The van der Waals surface area contributed by atoms with Gasteiger partial charge >= 0.3 is 0 Å². The number of rotatable bonds is 4. The van der Waals surface area contributed by atoms with Crippen LogP contribution in [0, 0.1) is 0 Å². The monoisotopic (exact) mass is 381 g/mol. The van der Waals surface area contributed by atoms with Crippen molar-refractivity contribution >= 4 is 34.3 Å². The first kappa shape index (κ1) is 18.6. The van der Waals surface area contributed by atoms with Gasteiger partial charge in [0.05, 0.1) is 5.52 Å². The summed E-state index contributed by atoms with van der Waals surface area (Å²) in [6.45, 7) is 8.96. The van der Waals surface area contributed by atoms with E-state index in [4.69, 9.17) is 15.7 Å². The Balaban J connectivity index is 1.75. The van der Waals surface area contributed by atoms with Crippen LogP contribution in [0.5, 0.6) is 0 Å². The van der Waals surface area contributed by atoms with E-state index in [0.29, 0.717) is 5.69 Å². The van der Waals surface area contributed by atoms with Gasteiger partial charge in [0.15, 0.2) is 0 Å². The van der Waals surface area contributed by atoms with E-state index in [1.54, 1.807) is 0 Å². The molecule has 0 spiro atoms. The van der Waals surface area contributed by atoms with Gasteiger partial charge in [-0.3, -0.25) is 4.79 Å². The molecule has 8 heteroatoms. The van der Waals surface area contributed by atoms with E-state index in [1.807, 2.05) is 18.2 Å². The number of fused-ring (bicyclic) bond motifs is 1. The normalized spacial score (nSPS) is 20.6. The summed E-state index contributed by atoms with van der Waals surface area (Å²) in [6, 6.07) is 5.92. The van der Waals surface area contributed by atoms with Gasteiger partial charge in [0.1, 0.15) is 5.82 Å². The molecule has 1 atom stereocenters. The number of likely N-dealkylation sites (N-methyl/N-ethyl adjacent to an activating group) is 1. The molecule has 0 saturated carbocycles. The van der Waals surface area contributed by atoms with Gasteiger partial charge in [-0.2, -0.15) is 4.98 Å². The summed E-state index contributed by atoms with van der Waals surface area (Å²) in [5, 5.41) is 3.79. The first-order valence-electron chi connectivity index (χ1n) is 9.73. The lowest BCUT2D eigenvalue weighted by Crippen LogP contribution is -2.45. The molecule has 2 aliphatic rings. The molecular weight excluding hydrogens is 354 g/mol. The zero-order valence-corrected chi connectivity index (χ0v) is 16.3. The van der Waals surface area contributed by atoms with Gasteiger partial charge in [-0.25, -0.2) is 4.98 Å². The number of carbonyl (C=O) groups is 1. The van der Waals surface area contributed by atoms with Gasteiger partial charge in [0.2, 0.25) is 11.9 Å². The Morgan fingerprint density at radius 1 is 1.21 bits per heavy atom. The highest BCUT2D eigenvalue weighted by molar-refractivity contribution is 6.01. The second-order valence-electron chi connectivity index (χ2n) is 7.56. The molecular formula is C20H27N7O. The quantitative estimate of drug-likeness (QED) is 0.765. The molecule has 3 N–H and O–H groups in total. The second-order valence-corrected chi connectivity index (χ2v) is 7.56. The number of amides is 1. The summed E-state index contributed by atoms with van der Waals surface area (Å²) in [6.07, 6.45) is 2.22. The summed E-state index contributed by atoms with van der Waals surface area (Å²) in [4.78, 5) is 28.2. The highest BCUT2D eigenvalue weighted by Crippen LogP contribution is 2.31. The smallest absolute Gasteiger partial charge is 0.247 e. The minimum atomic E-state index is -0.238. The first-order valence-corrected chi connectivity index (χ1v) is 9.73. The Hall–Kier alpha value is -2.71. The summed E-state index contributed by atoms with van der Waals surface area (Å²) in [5.41, 5.74) is 7.66. The summed E-state index contributed by atoms with van der Waals surface area (Å²) in [5.74, 6) is 1.43. The van der Waals surface area contributed by atoms with E-state index in [0.717, 1.165) is 68.4 Å². The summed E-state index contributed by atoms with van der Waals surface area (Å²) < 4.78 is 0. The molecule has 0 aliphatic carbocycles. The Morgan fingerprint density at radius 2 is 2.00 bits per heavy atom. The number of anilines is 3. The van der Waals surface area contributed by atoms with E-state index in [2.05, 4.69) is 33.6 Å². The van der Waals surface area contributed by atoms with Gasteiger partial charge in [-0.15, -0.1) is 0 Å². The average Bonchev–Trinajstić information content (AvgIpc) is 3.13. The Morgan fingerprint density at radius 3 is 2.68 bits per heavy atom. The van der Waals surface area contributed by atoms with Gasteiger partial charge in [-0.05, 0) is 37.7 Å². The van der Waals surface area contributed by atoms with Crippen molar-refractivity contribution in [1.82, 2.24) is 14.9 Å². The van der Waals surface area contributed by atoms with Crippen molar-refractivity contribution in [1.29, 1.82) is 0 Å². The fourth-order valence-electron chi connectivity index (χ4n) is 3.74. The zero-order chi connectivity index (χ0) is 19.7. The van der Waals surface area contributed by atoms with E-state index >= 15 is 0 Å². The molecule has 0 bridgehead atoms. The largest absolute Gasteiger partial charge is 0.354 e. The van der Waals surface area contributed by atoms with Crippen LogP contribution in [0.2, 0.25) is 0 Å². The van der Waals surface area contributed by atoms with Crippen LogP contribution in [0.25, 0.3) is 10.9 Å². The number of carbonyl (C=O) groups excluding carboxylic acids is 1. The molecule has 0 unspecified atom stereocenters. The fourth-order valence-corrected chi connectivity index (χ4v) is 3.74. The lowest BCUT2D eigenvalue weighted by molar-refractivity contribution is -0.111. The first-order chi connectivity index (χ1) is 13.5. The SMILES string of the molecule is C=CC(=O)Nc1ccc2c(N3CC[C@@H](N)C3)nc(N3CCN(C)CC3)nc2c1. The molecule has 28 heavy (non-hydrogen) atoms. The number of hydrogen-bond acceptors (Lipinski definition) is 7. The fraction of sp³-hybridized carbons (Fsp3) is 0.450. The van der Waals surface area contributed by atoms with Gasteiger partial charge in [0, 0.05) is 56.4 Å². The minimum Gasteiger partial charge on any atom is -0.354 e. The third-order valence-corrected chi connectivity index (χ3v) is 5.43. The number of benzene rings is 1. The maximum absolute atomic E-state index is 11.7. The van der Waals surface area contributed by atoms with Crippen molar-refractivity contribution in [3.8, 4) is 0 Å². The zero-order valence-electron chi connectivity index (χ0n) is 16.3. The van der Waals surface area contributed by atoms with Gasteiger partial charge in [-0.1, -0.05) is 6.58 Å². The van der Waals surface area contributed by atoms with Gasteiger partial charge < -0.3 is 25.8 Å². The number of nitrogens with one attached hydrogen (secondary N) is 1. The molecule has 1 aromatic carbocycles. The van der Waals surface area contributed by atoms with Gasteiger partial charge in [0.25, 0.3) is 0 Å². The second kappa shape index (κ2) is 7.73. The van der Waals surface area contributed by atoms with Crippen molar-refractivity contribution in [3.05, 3.63) is 30.9 Å². The number of hydrogen-bond donors (Lipinski definition) is 2. The minimum absolute atomic E-state index is 0.170.